The highest BCUT2D eigenvalue weighted by Gasteiger charge is 2.07. The lowest BCUT2D eigenvalue weighted by Crippen LogP contribution is -1.89. The topological polar surface area (TPSA) is 30.2 Å². The number of hydrogen-bond acceptors (Lipinski definition) is 2. The van der Waals surface area contributed by atoms with Crippen LogP contribution >= 0.6 is 0 Å². The fourth-order valence-corrected chi connectivity index (χ4v) is 1.29. The Morgan fingerprint density at radius 2 is 2.42 bits per heavy atom. The number of carbonyl (C=O) groups is 1. The van der Waals surface area contributed by atoms with Crippen molar-refractivity contribution in [1.82, 2.24) is 0 Å². The molecule has 0 saturated carbocycles. The zero-order valence-electron chi connectivity index (χ0n) is 7.54. The predicted molar refractivity (Wildman–Crippen MR) is 47.4 cm³/mol. The van der Waals surface area contributed by atoms with Crippen LogP contribution in [0.15, 0.2) is 16.7 Å². The van der Waals surface area contributed by atoms with E-state index in [9.17, 15) is 4.79 Å². The Bertz CT molecular complexity index is 250. The van der Waals surface area contributed by atoms with Gasteiger partial charge in [-0.25, -0.2) is 0 Å². The molecule has 2 heteroatoms. The van der Waals surface area contributed by atoms with E-state index in [2.05, 4.69) is 13.8 Å². The first-order valence-electron chi connectivity index (χ1n) is 4.31. The average Bonchev–Trinajstić information content (AvgIpc) is 2.52. The molecule has 2 nitrogen and oxygen atoms in total. The smallest absolute Gasteiger partial charge is 0.185 e. The standard InChI is InChI=1S/C10H14O2/c1-3-4-8(2)9-5-10(6-11)12-7-9/h5-8H,3-4H2,1-2H3. The van der Waals surface area contributed by atoms with Crippen LogP contribution in [-0.4, -0.2) is 6.29 Å². The molecule has 0 fully saturated rings. The Labute approximate surface area is 72.6 Å². The first-order valence-corrected chi connectivity index (χ1v) is 4.31. The van der Waals surface area contributed by atoms with Crippen LogP contribution in [0.3, 0.4) is 0 Å². The molecule has 0 aliphatic carbocycles. The van der Waals surface area contributed by atoms with Crippen molar-refractivity contribution in [3.05, 3.63) is 23.7 Å². The van der Waals surface area contributed by atoms with E-state index in [1.807, 2.05) is 6.07 Å². The van der Waals surface area contributed by atoms with Crippen LogP contribution in [-0.2, 0) is 0 Å². The van der Waals surface area contributed by atoms with Crippen molar-refractivity contribution >= 4 is 6.29 Å². The van der Waals surface area contributed by atoms with Crippen molar-refractivity contribution in [2.75, 3.05) is 0 Å². The van der Waals surface area contributed by atoms with Crippen LogP contribution in [0.1, 0.15) is 48.7 Å². The Kier molecular flexibility index (Phi) is 3.09. The van der Waals surface area contributed by atoms with E-state index >= 15 is 0 Å². The van der Waals surface area contributed by atoms with Gasteiger partial charge in [0.2, 0.25) is 0 Å². The van der Waals surface area contributed by atoms with Crippen LogP contribution in [0, 0.1) is 0 Å². The van der Waals surface area contributed by atoms with Gasteiger partial charge in [-0.1, -0.05) is 20.3 Å². The molecule has 0 N–H and O–H groups in total. The number of aldehydes is 1. The summed E-state index contributed by atoms with van der Waals surface area (Å²) in [4.78, 5) is 10.3. The van der Waals surface area contributed by atoms with Crippen molar-refractivity contribution in [2.24, 2.45) is 0 Å². The van der Waals surface area contributed by atoms with Crippen LogP contribution in [0.25, 0.3) is 0 Å². The maximum Gasteiger partial charge on any atom is 0.185 e. The Morgan fingerprint density at radius 1 is 1.67 bits per heavy atom. The molecule has 0 aromatic carbocycles. The average molecular weight is 166 g/mol. The van der Waals surface area contributed by atoms with Gasteiger partial charge in [0.1, 0.15) is 0 Å². The molecule has 0 spiro atoms. The third-order valence-corrected chi connectivity index (χ3v) is 2.05. The molecule has 0 aliphatic rings. The molecule has 0 saturated heterocycles. The van der Waals surface area contributed by atoms with Gasteiger partial charge in [-0.2, -0.15) is 0 Å². The third kappa shape index (κ3) is 1.97. The van der Waals surface area contributed by atoms with Gasteiger partial charge in [0.15, 0.2) is 12.0 Å². The van der Waals surface area contributed by atoms with Crippen LogP contribution in [0.4, 0.5) is 0 Å². The van der Waals surface area contributed by atoms with Crippen molar-refractivity contribution in [3.8, 4) is 0 Å². The Balaban J connectivity index is 2.67. The van der Waals surface area contributed by atoms with Gasteiger partial charge >= 0.3 is 0 Å². The summed E-state index contributed by atoms with van der Waals surface area (Å²) in [5, 5.41) is 0. The summed E-state index contributed by atoms with van der Waals surface area (Å²) < 4.78 is 5.01. The molecule has 0 aliphatic heterocycles. The summed E-state index contributed by atoms with van der Waals surface area (Å²) in [5.41, 5.74) is 1.12. The molecule has 1 aromatic rings. The minimum Gasteiger partial charge on any atom is -0.461 e. The summed E-state index contributed by atoms with van der Waals surface area (Å²) in [5.74, 6) is 0.917. The normalized spacial score (nSPS) is 12.8. The summed E-state index contributed by atoms with van der Waals surface area (Å²) in [6.07, 6.45) is 4.70. The van der Waals surface area contributed by atoms with E-state index in [1.54, 1.807) is 6.26 Å². The molecule has 1 rings (SSSR count). The lowest BCUT2D eigenvalue weighted by Gasteiger charge is -2.04. The predicted octanol–water partition coefficient (Wildman–Crippen LogP) is 3.00. The second kappa shape index (κ2) is 4.10. The number of rotatable bonds is 4. The summed E-state index contributed by atoms with van der Waals surface area (Å²) >= 11 is 0. The summed E-state index contributed by atoms with van der Waals surface area (Å²) in [6.45, 7) is 4.29. The van der Waals surface area contributed by atoms with E-state index in [4.69, 9.17) is 4.42 Å². The van der Waals surface area contributed by atoms with Gasteiger partial charge in [-0.15, -0.1) is 0 Å². The molecule has 1 aromatic heterocycles. The molecule has 12 heavy (non-hydrogen) atoms. The molecule has 1 heterocycles. The number of furan rings is 1. The summed E-state index contributed by atoms with van der Waals surface area (Å²) in [7, 11) is 0. The van der Waals surface area contributed by atoms with Gasteiger partial charge in [0.05, 0.1) is 6.26 Å². The zero-order valence-corrected chi connectivity index (χ0v) is 7.54. The lowest BCUT2D eigenvalue weighted by atomic mass is 9.99. The molecule has 1 unspecified atom stereocenters. The van der Waals surface area contributed by atoms with Gasteiger partial charge < -0.3 is 4.42 Å². The molecule has 0 bridgehead atoms. The summed E-state index contributed by atoms with van der Waals surface area (Å²) in [6, 6.07) is 1.81. The molecular formula is C10H14O2. The number of carbonyl (C=O) groups excluding carboxylic acids is 1. The van der Waals surface area contributed by atoms with Crippen molar-refractivity contribution in [3.63, 3.8) is 0 Å². The van der Waals surface area contributed by atoms with E-state index in [0.717, 1.165) is 24.7 Å². The second-order valence-corrected chi connectivity index (χ2v) is 3.09. The van der Waals surface area contributed by atoms with Gasteiger partial charge in [0.25, 0.3) is 0 Å². The third-order valence-electron chi connectivity index (χ3n) is 2.05. The van der Waals surface area contributed by atoms with Gasteiger partial charge in [-0.3, -0.25) is 4.79 Å². The Hall–Kier alpha value is -1.05. The van der Waals surface area contributed by atoms with Crippen LogP contribution in [0.5, 0.6) is 0 Å². The van der Waals surface area contributed by atoms with E-state index in [-0.39, 0.29) is 0 Å². The monoisotopic (exact) mass is 166 g/mol. The quantitative estimate of drug-likeness (QED) is 0.643. The highest BCUT2D eigenvalue weighted by atomic mass is 16.3. The van der Waals surface area contributed by atoms with Gasteiger partial charge in [0, 0.05) is 0 Å². The van der Waals surface area contributed by atoms with Crippen molar-refractivity contribution in [2.45, 2.75) is 32.6 Å². The van der Waals surface area contributed by atoms with E-state index in [1.165, 1.54) is 0 Å². The fourth-order valence-electron chi connectivity index (χ4n) is 1.29. The highest BCUT2D eigenvalue weighted by molar-refractivity contribution is 5.70. The van der Waals surface area contributed by atoms with Gasteiger partial charge in [-0.05, 0) is 24.0 Å². The molecule has 1 atom stereocenters. The lowest BCUT2D eigenvalue weighted by molar-refractivity contribution is 0.110. The van der Waals surface area contributed by atoms with Crippen LogP contribution in [0.2, 0.25) is 0 Å². The first kappa shape index (κ1) is 9.04. The Morgan fingerprint density at radius 3 is 2.92 bits per heavy atom. The van der Waals surface area contributed by atoms with Crippen molar-refractivity contribution < 1.29 is 9.21 Å². The minimum atomic E-state index is 0.424. The van der Waals surface area contributed by atoms with E-state index in [0.29, 0.717) is 11.7 Å². The molecule has 0 amide bonds. The second-order valence-electron chi connectivity index (χ2n) is 3.09. The minimum absolute atomic E-state index is 0.424. The maximum atomic E-state index is 10.3. The SMILES string of the molecule is CCCC(C)c1coc(C=O)c1. The van der Waals surface area contributed by atoms with Crippen molar-refractivity contribution in [1.29, 1.82) is 0 Å². The number of hydrogen-bond donors (Lipinski definition) is 0. The molecular weight excluding hydrogens is 152 g/mol. The maximum absolute atomic E-state index is 10.3. The zero-order chi connectivity index (χ0) is 8.97. The first-order chi connectivity index (χ1) is 5.77. The largest absolute Gasteiger partial charge is 0.461 e. The molecule has 0 radical (unpaired) electrons. The van der Waals surface area contributed by atoms with Crippen LogP contribution < -0.4 is 0 Å². The van der Waals surface area contributed by atoms with E-state index < -0.39 is 0 Å². The fraction of sp³-hybridized carbons (Fsp3) is 0.500. The highest BCUT2D eigenvalue weighted by Crippen LogP contribution is 2.21. The molecule has 66 valence electrons.